The number of carbonyl (C=O) groups excluding carboxylic acids is 1. The number of ketones is 1. The summed E-state index contributed by atoms with van der Waals surface area (Å²) >= 11 is 0. The van der Waals surface area contributed by atoms with E-state index < -0.39 is 34.3 Å². The summed E-state index contributed by atoms with van der Waals surface area (Å²) in [7, 11) is 0. The van der Waals surface area contributed by atoms with Crippen LogP contribution in [0.2, 0.25) is 0 Å². The van der Waals surface area contributed by atoms with Gasteiger partial charge in [0, 0.05) is 0 Å². The Kier molecular flexibility index (Phi) is 2.95. The van der Waals surface area contributed by atoms with Crippen LogP contribution in [0.5, 0.6) is 0 Å². The van der Waals surface area contributed by atoms with E-state index in [2.05, 4.69) is 0 Å². The van der Waals surface area contributed by atoms with E-state index in [0.29, 0.717) is 12.8 Å². The van der Waals surface area contributed by atoms with Crippen LogP contribution < -0.4 is 5.73 Å². The average molecular weight is 243 g/mol. The zero-order chi connectivity index (χ0) is 12.6. The zero-order valence-electron chi connectivity index (χ0n) is 9.10. The topological polar surface area (TPSA) is 43.1 Å². The van der Waals surface area contributed by atoms with Gasteiger partial charge in [0.25, 0.3) is 0 Å². The van der Waals surface area contributed by atoms with Crippen LogP contribution in [0.3, 0.4) is 0 Å². The summed E-state index contributed by atoms with van der Waals surface area (Å²) in [6.45, 7) is 0. The number of halogens is 3. The van der Waals surface area contributed by atoms with E-state index in [1.807, 2.05) is 0 Å². The molecule has 0 amide bonds. The van der Waals surface area contributed by atoms with E-state index in [9.17, 15) is 18.0 Å². The monoisotopic (exact) mass is 243 g/mol. The van der Waals surface area contributed by atoms with Crippen LogP contribution in [0, 0.1) is 17.5 Å². The molecule has 17 heavy (non-hydrogen) atoms. The summed E-state index contributed by atoms with van der Waals surface area (Å²) < 4.78 is 39.2. The highest BCUT2D eigenvalue weighted by atomic mass is 19.2. The predicted molar refractivity (Wildman–Crippen MR) is 56.0 cm³/mol. The van der Waals surface area contributed by atoms with E-state index in [0.717, 1.165) is 25.0 Å². The van der Waals surface area contributed by atoms with Crippen LogP contribution in [0.1, 0.15) is 36.0 Å². The first-order valence-electron chi connectivity index (χ1n) is 5.43. The lowest BCUT2D eigenvalue weighted by Crippen LogP contribution is -2.45. The van der Waals surface area contributed by atoms with E-state index in [1.54, 1.807) is 0 Å². The summed E-state index contributed by atoms with van der Waals surface area (Å²) in [6, 6.07) is 1.69. The van der Waals surface area contributed by atoms with E-state index >= 15 is 0 Å². The van der Waals surface area contributed by atoms with Gasteiger partial charge in [-0.15, -0.1) is 0 Å². The Morgan fingerprint density at radius 3 is 2.29 bits per heavy atom. The summed E-state index contributed by atoms with van der Waals surface area (Å²) in [5.41, 5.74) is 4.26. The fraction of sp³-hybridized carbons (Fsp3) is 0.417. The maximum Gasteiger partial charge on any atom is 0.195 e. The Morgan fingerprint density at radius 1 is 1.12 bits per heavy atom. The summed E-state index contributed by atoms with van der Waals surface area (Å²) in [5.74, 6) is -5.04. The molecule has 0 heterocycles. The summed E-state index contributed by atoms with van der Waals surface area (Å²) in [4.78, 5) is 12.0. The first-order chi connectivity index (χ1) is 7.96. The van der Waals surface area contributed by atoms with Gasteiger partial charge in [-0.25, -0.2) is 13.2 Å². The molecule has 2 nitrogen and oxygen atoms in total. The highest BCUT2D eigenvalue weighted by molar-refractivity contribution is 6.03. The molecule has 5 heteroatoms. The Balaban J connectivity index is 2.41. The molecule has 1 fully saturated rings. The molecule has 0 radical (unpaired) electrons. The largest absolute Gasteiger partial charge is 0.319 e. The highest BCUT2D eigenvalue weighted by Gasteiger charge is 2.39. The van der Waals surface area contributed by atoms with E-state index in [1.165, 1.54) is 0 Å². The second-order valence-electron chi connectivity index (χ2n) is 4.42. The fourth-order valence-electron chi connectivity index (χ4n) is 2.20. The molecule has 2 rings (SSSR count). The van der Waals surface area contributed by atoms with Crippen LogP contribution in [0.4, 0.5) is 13.2 Å². The summed E-state index contributed by atoms with van der Waals surface area (Å²) in [6.07, 6.45) is 2.47. The maximum atomic E-state index is 13.4. The highest BCUT2D eigenvalue weighted by Crippen LogP contribution is 2.31. The molecular formula is C12H12F3NO. The Hall–Kier alpha value is -1.36. The van der Waals surface area contributed by atoms with Crippen LogP contribution in [0.25, 0.3) is 0 Å². The lowest BCUT2D eigenvalue weighted by molar-refractivity contribution is 0.0886. The van der Waals surface area contributed by atoms with Gasteiger partial charge in [-0.05, 0) is 25.0 Å². The number of benzene rings is 1. The minimum Gasteiger partial charge on any atom is -0.319 e. The van der Waals surface area contributed by atoms with Gasteiger partial charge in [-0.2, -0.15) is 0 Å². The van der Waals surface area contributed by atoms with Gasteiger partial charge < -0.3 is 5.73 Å². The SMILES string of the molecule is NC1(C(=O)c2ccc(F)c(F)c2F)CCCC1. The van der Waals surface area contributed by atoms with Crippen molar-refractivity contribution in [3.8, 4) is 0 Å². The molecule has 2 N–H and O–H groups in total. The second kappa shape index (κ2) is 4.14. The van der Waals surface area contributed by atoms with Crippen molar-refractivity contribution in [3.63, 3.8) is 0 Å². The Morgan fingerprint density at radius 2 is 1.71 bits per heavy atom. The number of nitrogens with two attached hydrogens (primary N) is 1. The van der Waals surface area contributed by atoms with Crippen LogP contribution in [0.15, 0.2) is 12.1 Å². The molecule has 0 unspecified atom stereocenters. The Bertz CT molecular complexity index is 467. The first kappa shape index (κ1) is 12.1. The van der Waals surface area contributed by atoms with Gasteiger partial charge in [-0.1, -0.05) is 12.8 Å². The van der Waals surface area contributed by atoms with Crippen molar-refractivity contribution in [3.05, 3.63) is 35.1 Å². The van der Waals surface area contributed by atoms with E-state index in [-0.39, 0.29) is 0 Å². The third-order valence-electron chi connectivity index (χ3n) is 3.23. The van der Waals surface area contributed by atoms with E-state index in [4.69, 9.17) is 5.73 Å². The predicted octanol–water partition coefficient (Wildman–Crippen LogP) is 2.56. The molecule has 0 aliphatic heterocycles. The molecule has 92 valence electrons. The van der Waals surface area contributed by atoms with Crippen molar-refractivity contribution in [1.29, 1.82) is 0 Å². The van der Waals surface area contributed by atoms with Crippen LogP contribution in [-0.2, 0) is 0 Å². The molecular weight excluding hydrogens is 231 g/mol. The van der Waals surface area contributed by atoms with Gasteiger partial charge in [-0.3, -0.25) is 4.79 Å². The smallest absolute Gasteiger partial charge is 0.195 e. The molecule has 0 aromatic heterocycles. The zero-order valence-corrected chi connectivity index (χ0v) is 9.10. The molecule has 0 saturated heterocycles. The Labute approximate surface area is 96.6 Å². The molecule has 1 aromatic carbocycles. The molecule has 0 atom stereocenters. The number of rotatable bonds is 2. The van der Waals surface area contributed by atoms with Crippen molar-refractivity contribution >= 4 is 5.78 Å². The minimum atomic E-state index is -1.63. The third-order valence-corrected chi connectivity index (χ3v) is 3.23. The van der Waals surface area contributed by atoms with Crippen LogP contribution in [-0.4, -0.2) is 11.3 Å². The number of hydrogen-bond acceptors (Lipinski definition) is 2. The lowest BCUT2D eigenvalue weighted by atomic mass is 9.88. The van der Waals surface area contributed by atoms with Crippen molar-refractivity contribution < 1.29 is 18.0 Å². The standard InChI is InChI=1S/C12H12F3NO/c13-8-4-3-7(9(14)10(8)15)11(17)12(16)5-1-2-6-12/h3-4H,1-2,5-6,16H2. The van der Waals surface area contributed by atoms with Crippen molar-refractivity contribution in [1.82, 2.24) is 0 Å². The number of carbonyl (C=O) groups is 1. The van der Waals surface area contributed by atoms with Gasteiger partial charge in [0.15, 0.2) is 23.2 Å². The number of Topliss-reactive ketones (excluding diaryl/α,β-unsaturated/α-hetero) is 1. The van der Waals surface area contributed by atoms with Crippen molar-refractivity contribution in [2.75, 3.05) is 0 Å². The molecule has 0 spiro atoms. The number of hydrogen-bond donors (Lipinski definition) is 1. The van der Waals surface area contributed by atoms with Crippen molar-refractivity contribution in [2.45, 2.75) is 31.2 Å². The molecule has 1 aromatic rings. The average Bonchev–Trinajstić information content (AvgIpc) is 2.74. The van der Waals surface area contributed by atoms with Crippen molar-refractivity contribution in [2.24, 2.45) is 5.73 Å². The maximum absolute atomic E-state index is 13.4. The second-order valence-corrected chi connectivity index (χ2v) is 4.42. The molecule has 0 bridgehead atoms. The summed E-state index contributed by atoms with van der Waals surface area (Å²) in [5, 5.41) is 0. The fourth-order valence-corrected chi connectivity index (χ4v) is 2.20. The molecule has 1 aliphatic rings. The van der Waals surface area contributed by atoms with Crippen LogP contribution >= 0.6 is 0 Å². The van der Waals surface area contributed by atoms with Gasteiger partial charge in [0.1, 0.15) is 0 Å². The van der Waals surface area contributed by atoms with Gasteiger partial charge >= 0.3 is 0 Å². The third kappa shape index (κ3) is 1.95. The van der Waals surface area contributed by atoms with Gasteiger partial charge in [0.2, 0.25) is 0 Å². The quantitative estimate of drug-likeness (QED) is 0.640. The molecule has 1 aliphatic carbocycles. The lowest BCUT2D eigenvalue weighted by Gasteiger charge is -2.22. The molecule has 1 saturated carbocycles. The first-order valence-corrected chi connectivity index (χ1v) is 5.43. The van der Waals surface area contributed by atoms with Gasteiger partial charge in [0.05, 0.1) is 11.1 Å². The normalized spacial score (nSPS) is 18.4. The minimum absolute atomic E-state index is 0.449.